The Labute approximate surface area is 150 Å². The van der Waals surface area contributed by atoms with Crippen molar-refractivity contribution in [2.45, 2.75) is 65.3 Å². The molecule has 25 heavy (non-hydrogen) atoms. The number of rotatable bonds is 6. The minimum atomic E-state index is -3.22. The summed E-state index contributed by atoms with van der Waals surface area (Å²) in [5, 5.41) is 3.96. The summed E-state index contributed by atoms with van der Waals surface area (Å²) in [7, 11) is -3.22. The Hall–Kier alpha value is -1.41. The van der Waals surface area contributed by atoms with Crippen LogP contribution in [0.2, 0.25) is 0 Å². The maximum absolute atomic E-state index is 13.0. The molecule has 1 fully saturated rings. The van der Waals surface area contributed by atoms with E-state index in [1.54, 1.807) is 0 Å². The van der Waals surface area contributed by atoms with Crippen molar-refractivity contribution in [3.05, 3.63) is 17.0 Å². The molecular weight excluding hydrogens is 342 g/mol. The molecule has 2 rings (SSSR count). The van der Waals surface area contributed by atoms with Crippen molar-refractivity contribution in [2.75, 3.05) is 18.8 Å². The highest BCUT2D eigenvalue weighted by molar-refractivity contribution is 7.89. The van der Waals surface area contributed by atoms with Gasteiger partial charge in [0, 0.05) is 24.7 Å². The first-order valence-electron chi connectivity index (χ1n) is 8.81. The van der Waals surface area contributed by atoms with Crippen LogP contribution >= 0.6 is 0 Å². The van der Waals surface area contributed by atoms with Crippen molar-refractivity contribution >= 4 is 15.9 Å². The lowest BCUT2D eigenvalue weighted by atomic mass is 9.81. The molecule has 0 atom stereocenters. The van der Waals surface area contributed by atoms with Gasteiger partial charge in [0.15, 0.2) is 0 Å². The summed E-state index contributed by atoms with van der Waals surface area (Å²) in [4.78, 5) is 14.9. The Morgan fingerprint density at radius 2 is 1.92 bits per heavy atom. The molecule has 8 heteroatoms. The summed E-state index contributed by atoms with van der Waals surface area (Å²) < 4.78 is 31.8. The number of aryl methyl sites for hydroxylation is 2. The number of nitrogens with zero attached hydrogens (tertiary/aromatic N) is 2. The molecule has 1 amide bonds. The Bertz CT molecular complexity index is 697. The van der Waals surface area contributed by atoms with E-state index in [0.717, 1.165) is 11.3 Å². The molecule has 0 radical (unpaired) electrons. The van der Waals surface area contributed by atoms with Crippen molar-refractivity contribution in [1.82, 2.24) is 14.8 Å². The third-order valence-corrected chi connectivity index (χ3v) is 6.43. The van der Waals surface area contributed by atoms with Crippen molar-refractivity contribution < 1.29 is 17.7 Å². The first kappa shape index (κ1) is 19.9. The molecule has 1 N–H and O–H groups in total. The average Bonchev–Trinajstić information content (AvgIpc) is 2.86. The summed E-state index contributed by atoms with van der Waals surface area (Å²) in [5.41, 5.74) is 0.851. The van der Waals surface area contributed by atoms with Crippen LogP contribution in [0.1, 0.15) is 57.1 Å². The van der Waals surface area contributed by atoms with Gasteiger partial charge in [-0.25, -0.2) is 13.1 Å². The second-order valence-corrected chi connectivity index (χ2v) is 9.20. The van der Waals surface area contributed by atoms with Crippen molar-refractivity contribution in [3.63, 3.8) is 0 Å². The van der Waals surface area contributed by atoms with Gasteiger partial charge < -0.3 is 9.42 Å². The van der Waals surface area contributed by atoms with E-state index in [2.05, 4.69) is 9.88 Å². The maximum Gasteiger partial charge on any atom is 0.232 e. The number of likely N-dealkylation sites (tertiary alicyclic amines) is 1. The molecule has 1 aromatic rings. The molecule has 0 bridgehead atoms. The number of hydrogen-bond acceptors (Lipinski definition) is 5. The van der Waals surface area contributed by atoms with E-state index >= 15 is 0 Å². The number of carbonyl (C=O) groups is 1. The van der Waals surface area contributed by atoms with Gasteiger partial charge in [0.05, 0.1) is 16.9 Å². The quantitative estimate of drug-likeness (QED) is 0.824. The number of nitrogens with one attached hydrogen (secondary N) is 1. The van der Waals surface area contributed by atoms with Gasteiger partial charge in [-0.1, -0.05) is 12.1 Å². The van der Waals surface area contributed by atoms with E-state index in [1.165, 1.54) is 0 Å². The first-order valence-corrected chi connectivity index (χ1v) is 10.5. The van der Waals surface area contributed by atoms with Crippen LogP contribution in [-0.2, 0) is 20.2 Å². The highest BCUT2D eigenvalue weighted by Crippen LogP contribution is 2.32. The zero-order valence-corrected chi connectivity index (χ0v) is 16.6. The van der Waals surface area contributed by atoms with Crippen LogP contribution in [0.15, 0.2) is 4.52 Å². The standard InChI is InChI=1S/C17H29N3O4S/c1-6-11-25(22,23)19-14-7-9-20(10-8-14)16(21)17(4,5)15-12(2)18-24-13(15)3/h14,19H,6-11H2,1-5H3. The minimum absolute atomic E-state index is 0.0248. The molecule has 0 spiro atoms. The molecule has 1 aliphatic rings. The number of sulfonamides is 1. The molecule has 0 saturated carbocycles. The molecule has 1 saturated heterocycles. The van der Waals surface area contributed by atoms with Crippen LogP contribution in [0.4, 0.5) is 0 Å². The summed E-state index contributed by atoms with van der Waals surface area (Å²) in [6, 6.07) is -0.0947. The Morgan fingerprint density at radius 1 is 1.32 bits per heavy atom. The van der Waals surface area contributed by atoms with Gasteiger partial charge in [-0.05, 0) is 47.0 Å². The fourth-order valence-corrected chi connectivity index (χ4v) is 5.06. The summed E-state index contributed by atoms with van der Waals surface area (Å²) in [6.07, 6.45) is 1.86. The Kier molecular flexibility index (Phi) is 5.93. The lowest BCUT2D eigenvalue weighted by Crippen LogP contribution is -2.51. The molecule has 2 heterocycles. The number of piperidine rings is 1. The predicted octanol–water partition coefficient (Wildman–Crippen LogP) is 1.89. The molecule has 0 aliphatic carbocycles. The highest BCUT2D eigenvalue weighted by Gasteiger charge is 2.39. The molecular formula is C17H29N3O4S. The minimum Gasteiger partial charge on any atom is -0.361 e. The van der Waals surface area contributed by atoms with E-state index in [9.17, 15) is 13.2 Å². The number of amides is 1. The van der Waals surface area contributed by atoms with Crippen LogP contribution in [0.25, 0.3) is 0 Å². The van der Waals surface area contributed by atoms with Gasteiger partial charge in [-0.15, -0.1) is 0 Å². The Morgan fingerprint density at radius 3 is 2.40 bits per heavy atom. The van der Waals surface area contributed by atoms with E-state index in [0.29, 0.717) is 38.1 Å². The monoisotopic (exact) mass is 371 g/mol. The van der Waals surface area contributed by atoms with Crippen LogP contribution in [0.5, 0.6) is 0 Å². The van der Waals surface area contributed by atoms with Gasteiger partial charge in [-0.2, -0.15) is 0 Å². The average molecular weight is 372 g/mol. The smallest absolute Gasteiger partial charge is 0.232 e. The zero-order valence-electron chi connectivity index (χ0n) is 15.8. The number of hydrogen-bond donors (Lipinski definition) is 1. The summed E-state index contributed by atoms with van der Waals surface area (Å²) in [6.45, 7) is 10.4. The second-order valence-electron chi connectivity index (χ2n) is 7.33. The molecule has 0 aromatic carbocycles. The van der Waals surface area contributed by atoms with Gasteiger partial charge in [0.2, 0.25) is 15.9 Å². The fraction of sp³-hybridized carbons (Fsp3) is 0.765. The lowest BCUT2D eigenvalue weighted by Gasteiger charge is -2.37. The van der Waals surface area contributed by atoms with Crippen LogP contribution < -0.4 is 4.72 Å². The zero-order chi connectivity index (χ0) is 18.8. The third-order valence-electron chi connectivity index (χ3n) is 4.79. The third kappa shape index (κ3) is 4.41. The predicted molar refractivity (Wildman–Crippen MR) is 95.8 cm³/mol. The largest absolute Gasteiger partial charge is 0.361 e. The van der Waals surface area contributed by atoms with Crippen molar-refractivity contribution in [3.8, 4) is 0 Å². The van der Waals surface area contributed by atoms with Gasteiger partial charge in [-0.3, -0.25) is 4.79 Å². The van der Waals surface area contributed by atoms with E-state index in [1.807, 2.05) is 39.5 Å². The molecule has 142 valence electrons. The van der Waals surface area contributed by atoms with E-state index in [-0.39, 0.29) is 17.7 Å². The molecule has 1 aromatic heterocycles. The summed E-state index contributed by atoms with van der Waals surface area (Å²) in [5.74, 6) is 0.834. The second kappa shape index (κ2) is 7.45. The van der Waals surface area contributed by atoms with E-state index < -0.39 is 15.4 Å². The normalized spacial score (nSPS) is 17.1. The topological polar surface area (TPSA) is 92.5 Å². The first-order chi connectivity index (χ1) is 11.6. The number of carbonyl (C=O) groups excluding carboxylic acids is 1. The van der Waals surface area contributed by atoms with Gasteiger partial charge >= 0.3 is 0 Å². The highest BCUT2D eigenvalue weighted by atomic mass is 32.2. The van der Waals surface area contributed by atoms with Crippen LogP contribution in [-0.4, -0.2) is 49.3 Å². The lowest BCUT2D eigenvalue weighted by molar-refractivity contribution is -0.137. The van der Waals surface area contributed by atoms with Crippen LogP contribution in [0, 0.1) is 13.8 Å². The van der Waals surface area contributed by atoms with E-state index in [4.69, 9.17) is 4.52 Å². The molecule has 0 unspecified atom stereocenters. The molecule has 7 nitrogen and oxygen atoms in total. The van der Waals surface area contributed by atoms with Gasteiger partial charge in [0.25, 0.3) is 0 Å². The van der Waals surface area contributed by atoms with Crippen molar-refractivity contribution in [2.24, 2.45) is 0 Å². The maximum atomic E-state index is 13.0. The van der Waals surface area contributed by atoms with Gasteiger partial charge in [0.1, 0.15) is 5.76 Å². The SMILES string of the molecule is CCCS(=O)(=O)NC1CCN(C(=O)C(C)(C)c2c(C)noc2C)CC1. The fourth-order valence-electron chi connectivity index (χ4n) is 3.66. The summed E-state index contributed by atoms with van der Waals surface area (Å²) >= 11 is 0. The molecule has 1 aliphatic heterocycles. The Balaban J connectivity index is 2.02. The number of aromatic nitrogens is 1. The van der Waals surface area contributed by atoms with Crippen molar-refractivity contribution in [1.29, 1.82) is 0 Å². The van der Waals surface area contributed by atoms with Crippen LogP contribution in [0.3, 0.4) is 0 Å².